The van der Waals surface area contributed by atoms with E-state index in [0.717, 1.165) is 12.1 Å². The van der Waals surface area contributed by atoms with Gasteiger partial charge in [-0.3, -0.25) is 0 Å². The first kappa shape index (κ1) is 30.6. The van der Waals surface area contributed by atoms with Crippen molar-refractivity contribution in [2.45, 2.75) is 6.18 Å². The number of hydrogen-bond acceptors (Lipinski definition) is 8. The van der Waals surface area contributed by atoms with Crippen molar-refractivity contribution in [1.82, 2.24) is 9.97 Å². The first-order valence-corrected chi connectivity index (χ1v) is 12.8. The second kappa shape index (κ2) is 14.0. The summed E-state index contributed by atoms with van der Waals surface area (Å²) in [6, 6.07) is 12.1. The fraction of sp³-hybridized carbons (Fsp3) is 0.250. The highest BCUT2D eigenvalue weighted by Crippen LogP contribution is 2.37. The van der Waals surface area contributed by atoms with Gasteiger partial charge in [-0.2, -0.15) is 13.2 Å². The number of hydrogen-bond donors (Lipinski definition) is 2. The monoisotopic (exact) mass is 606 g/mol. The summed E-state index contributed by atoms with van der Waals surface area (Å²) in [5, 5.41) is 5.00. The molecule has 0 unspecified atom stereocenters. The molecule has 4 aromatic rings. The molecule has 1 heterocycles. The number of halogens is 4. The fourth-order valence-electron chi connectivity index (χ4n) is 3.65. The zero-order chi connectivity index (χ0) is 30.1. The molecule has 0 spiro atoms. The summed E-state index contributed by atoms with van der Waals surface area (Å²) in [5.41, 5.74) is -0.205. The predicted molar refractivity (Wildman–Crippen MR) is 150 cm³/mol. The molecular formula is C28H26ClF3N4O6. The second-order valence-electron chi connectivity index (χ2n) is 8.58. The van der Waals surface area contributed by atoms with Crippen LogP contribution in [0.2, 0.25) is 5.02 Å². The van der Waals surface area contributed by atoms with Crippen LogP contribution in [0.4, 0.5) is 29.3 Å². The number of amides is 2. The van der Waals surface area contributed by atoms with E-state index in [1.165, 1.54) is 12.4 Å². The molecular weight excluding hydrogens is 581 g/mol. The number of aromatic nitrogens is 2. The highest BCUT2D eigenvalue weighted by atomic mass is 35.5. The molecule has 1 aromatic heterocycles. The fourth-order valence-corrected chi connectivity index (χ4v) is 3.87. The van der Waals surface area contributed by atoms with Gasteiger partial charge in [0.2, 0.25) is 5.88 Å². The Hall–Kier alpha value is -4.33. The second-order valence-corrected chi connectivity index (χ2v) is 8.98. The molecule has 0 radical (unpaired) electrons. The van der Waals surface area contributed by atoms with Crippen molar-refractivity contribution in [3.05, 3.63) is 71.5 Å². The number of urea groups is 1. The minimum absolute atomic E-state index is 0.0716. The van der Waals surface area contributed by atoms with E-state index in [4.69, 9.17) is 35.3 Å². The molecule has 0 bridgehead atoms. The standard InChI is InChI=1S/C28H26ClF3N4O6/c1-38-9-11-40-24-14-20-23(15-25(24)41-12-10-39-2)33-16-34-26(20)42-19-6-3-17(4-7-19)35-27(37)36-18-5-8-22(29)21(13-18)28(30,31)32/h3-8,13-16H,9-12H2,1-2H3,(H2,35,36,37). The Balaban J connectivity index is 1.46. The van der Waals surface area contributed by atoms with Crippen LogP contribution in [0, 0.1) is 0 Å². The van der Waals surface area contributed by atoms with Gasteiger partial charge in [-0.1, -0.05) is 11.6 Å². The first-order valence-electron chi connectivity index (χ1n) is 12.4. The number of nitrogens with zero attached hydrogens (tertiary/aromatic N) is 2. The van der Waals surface area contributed by atoms with Crippen LogP contribution in [0.5, 0.6) is 23.1 Å². The normalized spacial score (nSPS) is 11.3. The number of carbonyl (C=O) groups excluding carboxylic acids is 1. The molecule has 42 heavy (non-hydrogen) atoms. The average molecular weight is 607 g/mol. The Kier molecular flexibility index (Phi) is 10.2. The molecule has 2 amide bonds. The van der Waals surface area contributed by atoms with Crippen LogP contribution in [0.1, 0.15) is 5.56 Å². The van der Waals surface area contributed by atoms with Crippen molar-refractivity contribution in [1.29, 1.82) is 0 Å². The molecule has 10 nitrogen and oxygen atoms in total. The highest BCUT2D eigenvalue weighted by Gasteiger charge is 2.33. The van der Waals surface area contributed by atoms with Crippen LogP contribution in [-0.4, -0.2) is 56.6 Å². The number of carbonyl (C=O) groups is 1. The average Bonchev–Trinajstić information content (AvgIpc) is 2.95. The highest BCUT2D eigenvalue weighted by molar-refractivity contribution is 6.31. The van der Waals surface area contributed by atoms with Gasteiger partial charge in [0.15, 0.2) is 11.5 Å². The molecule has 3 aromatic carbocycles. The Bertz CT molecular complexity index is 1520. The van der Waals surface area contributed by atoms with E-state index in [-0.39, 0.29) is 18.2 Å². The molecule has 0 saturated heterocycles. The molecule has 0 aliphatic heterocycles. The largest absolute Gasteiger partial charge is 0.487 e. The lowest BCUT2D eigenvalue weighted by Gasteiger charge is -2.15. The van der Waals surface area contributed by atoms with Crippen LogP contribution in [0.3, 0.4) is 0 Å². The summed E-state index contributed by atoms with van der Waals surface area (Å²) in [5.74, 6) is 1.57. The zero-order valence-electron chi connectivity index (χ0n) is 22.5. The molecule has 0 atom stereocenters. The molecule has 0 fully saturated rings. The summed E-state index contributed by atoms with van der Waals surface area (Å²) >= 11 is 5.63. The summed E-state index contributed by atoms with van der Waals surface area (Å²) in [6.07, 6.45) is -3.31. The third kappa shape index (κ3) is 8.12. The quantitative estimate of drug-likeness (QED) is 0.170. The SMILES string of the molecule is COCCOc1cc2ncnc(Oc3ccc(NC(=O)Nc4ccc(Cl)c(C(F)(F)F)c4)cc3)c2cc1OCCOC. The lowest BCUT2D eigenvalue weighted by Crippen LogP contribution is -2.19. The Labute approximate surface area is 243 Å². The van der Waals surface area contributed by atoms with E-state index in [1.807, 2.05) is 0 Å². The van der Waals surface area contributed by atoms with Crippen LogP contribution in [-0.2, 0) is 15.7 Å². The summed E-state index contributed by atoms with van der Waals surface area (Å²) in [6.45, 7) is 1.36. The smallest absolute Gasteiger partial charge is 0.417 e. The van der Waals surface area contributed by atoms with E-state index < -0.39 is 22.8 Å². The number of ether oxygens (including phenoxy) is 5. The van der Waals surface area contributed by atoms with Gasteiger partial charge in [0, 0.05) is 31.7 Å². The minimum Gasteiger partial charge on any atom is -0.487 e. The Morgan fingerprint density at radius 3 is 2.10 bits per heavy atom. The van der Waals surface area contributed by atoms with E-state index in [2.05, 4.69) is 20.6 Å². The van der Waals surface area contributed by atoms with Crippen molar-refractivity contribution >= 4 is 39.9 Å². The van der Waals surface area contributed by atoms with Crippen molar-refractivity contribution in [3.63, 3.8) is 0 Å². The maximum atomic E-state index is 13.1. The lowest BCUT2D eigenvalue weighted by molar-refractivity contribution is -0.137. The first-order chi connectivity index (χ1) is 20.2. The lowest BCUT2D eigenvalue weighted by atomic mass is 10.2. The van der Waals surface area contributed by atoms with Crippen LogP contribution < -0.4 is 24.8 Å². The zero-order valence-corrected chi connectivity index (χ0v) is 23.2. The van der Waals surface area contributed by atoms with E-state index in [9.17, 15) is 18.0 Å². The third-order valence-corrected chi connectivity index (χ3v) is 5.94. The molecule has 0 aliphatic rings. The summed E-state index contributed by atoms with van der Waals surface area (Å²) in [7, 11) is 3.14. The maximum Gasteiger partial charge on any atom is 0.417 e. The number of benzene rings is 3. The maximum absolute atomic E-state index is 13.1. The molecule has 0 saturated carbocycles. The number of rotatable bonds is 12. The van der Waals surface area contributed by atoms with Crippen molar-refractivity contribution in [2.24, 2.45) is 0 Å². The molecule has 222 valence electrons. The van der Waals surface area contributed by atoms with E-state index in [0.29, 0.717) is 53.7 Å². The van der Waals surface area contributed by atoms with Gasteiger partial charge in [0.05, 0.1) is 34.7 Å². The molecule has 4 rings (SSSR count). The molecule has 2 N–H and O–H groups in total. The minimum atomic E-state index is -4.66. The van der Waals surface area contributed by atoms with Gasteiger partial charge in [-0.05, 0) is 48.5 Å². The Morgan fingerprint density at radius 1 is 0.833 bits per heavy atom. The van der Waals surface area contributed by atoms with Gasteiger partial charge in [-0.15, -0.1) is 0 Å². The van der Waals surface area contributed by atoms with E-state index in [1.54, 1.807) is 50.6 Å². The number of methoxy groups -OCH3 is 2. The van der Waals surface area contributed by atoms with Crippen LogP contribution in [0.15, 0.2) is 60.9 Å². The molecule has 14 heteroatoms. The molecule has 0 aliphatic carbocycles. The van der Waals surface area contributed by atoms with Gasteiger partial charge < -0.3 is 34.3 Å². The van der Waals surface area contributed by atoms with E-state index >= 15 is 0 Å². The van der Waals surface area contributed by atoms with Gasteiger partial charge >= 0.3 is 12.2 Å². The van der Waals surface area contributed by atoms with Crippen LogP contribution >= 0.6 is 11.6 Å². The van der Waals surface area contributed by atoms with Gasteiger partial charge in [0.1, 0.15) is 25.3 Å². The summed E-state index contributed by atoms with van der Waals surface area (Å²) in [4.78, 5) is 20.9. The van der Waals surface area contributed by atoms with Gasteiger partial charge in [-0.25, -0.2) is 14.8 Å². The summed E-state index contributed by atoms with van der Waals surface area (Å²) < 4.78 is 67.0. The number of fused-ring (bicyclic) bond motifs is 1. The van der Waals surface area contributed by atoms with Crippen molar-refractivity contribution in [2.75, 3.05) is 51.3 Å². The topological polar surface area (TPSA) is 113 Å². The van der Waals surface area contributed by atoms with Crippen molar-refractivity contribution < 1.29 is 41.7 Å². The third-order valence-electron chi connectivity index (χ3n) is 5.61. The van der Waals surface area contributed by atoms with Crippen LogP contribution in [0.25, 0.3) is 10.9 Å². The number of alkyl halides is 3. The number of anilines is 2. The predicted octanol–water partition coefficient (Wildman–Crippen LogP) is 6.79. The Morgan fingerprint density at radius 2 is 1.45 bits per heavy atom. The van der Waals surface area contributed by atoms with Gasteiger partial charge in [0.25, 0.3) is 0 Å². The van der Waals surface area contributed by atoms with Crippen molar-refractivity contribution in [3.8, 4) is 23.1 Å². The number of nitrogens with one attached hydrogen (secondary N) is 2.